The fourth-order valence-electron chi connectivity index (χ4n) is 2.47. The molecule has 0 radical (unpaired) electrons. The van der Waals surface area contributed by atoms with E-state index in [1.54, 1.807) is 47.7 Å². The summed E-state index contributed by atoms with van der Waals surface area (Å²) in [6, 6.07) is 14.1. The molecule has 0 aliphatic heterocycles. The van der Waals surface area contributed by atoms with Crippen LogP contribution in [0.4, 0.5) is 0 Å². The number of carbonyl (C=O) groups excluding carboxylic acids is 2. The third kappa shape index (κ3) is 4.22. The van der Waals surface area contributed by atoms with Gasteiger partial charge in [-0.25, -0.2) is 4.98 Å². The summed E-state index contributed by atoms with van der Waals surface area (Å²) in [5, 5.41) is 14.7. The van der Waals surface area contributed by atoms with Gasteiger partial charge in [0.05, 0.1) is 10.7 Å². The molecule has 5 nitrogen and oxygen atoms in total. The summed E-state index contributed by atoms with van der Waals surface area (Å²) in [4.78, 5) is 28.1. The number of amides is 1. The van der Waals surface area contributed by atoms with Gasteiger partial charge in [0.2, 0.25) is 0 Å². The number of thiazole rings is 1. The molecule has 1 amide bonds. The van der Waals surface area contributed by atoms with E-state index in [1.165, 1.54) is 0 Å². The van der Waals surface area contributed by atoms with Crippen LogP contribution in [0.2, 0.25) is 0 Å². The predicted molar refractivity (Wildman–Crippen MR) is 101 cm³/mol. The highest BCUT2D eigenvalue weighted by molar-refractivity contribution is 7.09. The van der Waals surface area contributed by atoms with Gasteiger partial charge in [0, 0.05) is 28.6 Å². The van der Waals surface area contributed by atoms with E-state index in [1.807, 2.05) is 24.4 Å². The van der Waals surface area contributed by atoms with E-state index in [2.05, 4.69) is 10.3 Å². The molecule has 0 aliphatic carbocycles. The van der Waals surface area contributed by atoms with Crippen molar-refractivity contribution >= 4 is 23.0 Å². The Morgan fingerprint density at radius 3 is 2.27 bits per heavy atom. The Bertz CT molecular complexity index is 915. The van der Waals surface area contributed by atoms with Gasteiger partial charge in [-0.2, -0.15) is 0 Å². The molecule has 6 heteroatoms. The van der Waals surface area contributed by atoms with E-state index >= 15 is 0 Å². The standard InChI is InChI=1S/C20H18N2O3S/c1-13-22-18(12-26-13)15-6-8-17(9-7-15)20(25)21-10-14-2-4-16(5-3-14)19(24)11-23/h2-9,12,23H,10-11H2,1H3,(H,21,25). The molecular weight excluding hydrogens is 348 g/mol. The van der Waals surface area contributed by atoms with Gasteiger partial charge >= 0.3 is 0 Å². The van der Waals surface area contributed by atoms with Gasteiger partial charge in [-0.15, -0.1) is 11.3 Å². The average molecular weight is 366 g/mol. The first-order valence-electron chi connectivity index (χ1n) is 8.10. The maximum atomic E-state index is 12.3. The fourth-order valence-corrected chi connectivity index (χ4v) is 3.09. The minimum Gasteiger partial charge on any atom is -0.388 e. The van der Waals surface area contributed by atoms with Gasteiger partial charge in [-0.05, 0) is 24.6 Å². The number of benzene rings is 2. The number of aryl methyl sites for hydroxylation is 1. The van der Waals surface area contributed by atoms with E-state index in [0.717, 1.165) is 21.8 Å². The second-order valence-electron chi connectivity index (χ2n) is 5.79. The molecule has 1 heterocycles. The molecule has 132 valence electrons. The third-order valence-corrected chi connectivity index (χ3v) is 4.71. The van der Waals surface area contributed by atoms with E-state index in [0.29, 0.717) is 17.7 Å². The predicted octanol–water partition coefficient (Wildman–Crippen LogP) is 3.22. The van der Waals surface area contributed by atoms with Gasteiger partial charge < -0.3 is 10.4 Å². The zero-order valence-corrected chi connectivity index (χ0v) is 15.0. The largest absolute Gasteiger partial charge is 0.388 e. The molecule has 0 spiro atoms. The molecule has 0 bridgehead atoms. The van der Waals surface area contributed by atoms with Crippen molar-refractivity contribution in [2.45, 2.75) is 13.5 Å². The lowest BCUT2D eigenvalue weighted by Gasteiger charge is -2.07. The maximum Gasteiger partial charge on any atom is 0.251 e. The van der Waals surface area contributed by atoms with Crippen LogP contribution in [0.15, 0.2) is 53.9 Å². The minimum absolute atomic E-state index is 0.165. The minimum atomic E-state index is -0.507. The van der Waals surface area contributed by atoms with Crippen molar-refractivity contribution in [2.24, 2.45) is 0 Å². The summed E-state index contributed by atoms with van der Waals surface area (Å²) in [6.07, 6.45) is 0. The Morgan fingerprint density at radius 1 is 1.04 bits per heavy atom. The van der Waals surface area contributed by atoms with Crippen LogP contribution in [0.25, 0.3) is 11.3 Å². The van der Waals surface area contributed by atoms with Crippen LogP contribution in [0.3, 0.4) is 0 Å². The number of nitrogens with one attached hydrogen (secondary N) is 1. The van der Waals surface area contributed by atoms with Gasteiger partial charge in [0.1, 0.15) is 6.61 Å². The van der Waals surface area contributed by atoms with Gasteiger partial charge in [-0.3, -0.25) is 9.59 Å². The lowest BCUT2D eigenvalue weighted by Crippen LogP contribution is -2.22. The second-order valence-corrected chi connectivity index (χ2v) is 6.85. The zero-order chi connectivity index (χ0) is 18.5. The number of hydrogen-bond acceptors (Lipinski definition) is 5. The molecule has 3 aromatic rings. The number of rotatable bonds is 6. The summed E-state index contributed by atoms with van der Waals surface area (Å²) in [5.74, 6) is -0.488. The van der Waals surface area contributed by atoms with Crippen molar-refractivity contribution in [1.29, 1.82) is 0 Å². The highest BCUT2D eigenvalue weighted by atomic mass is 32.1. The zero-order valence-electron chi connectivity index (χ0n) is 14.2. The summed E-state index contributed by atoms with van der Waals surface area (Å²) in [5.41, 5.74) is 3.80. The Labute approximate surface area is 155 Å². The second kappa shape index (κ2) is 8.03. The van der Waals surface area contributed by atoms with Crippen LogP contribution in [0.1, 0.15) is 31.3 Å². The van der Waals surface area contributed by atoms with Crippen molar-refractivity contribution in [3.05, 3.63) is 75.6 Å². The van der Waals surface area contributed by atoms with Crippen LogP contribution in [-0.2, 0) is 6.54 Å². The summed E-state index contributed by atoms with van der Waals surface area (Å²) in [7, 11) is 0. The highest BCUT2D eigenvalue weighted by Crippen LogP contribution is 2.21. The molecule has 1 aromatic heterocycles. The first-order chi connectivity index (χ1) is 12.6. The molecule has 3 rings (SSSR count). The Hall–Kier alpha value is -2.83. The Morgan fingerprint density at radius 2 is 1.69 bits per heavy atom. The number of aromatic nitrogens is 1. The smallest absolute Gasteiger partial charge is 0.251 e. The van der Waals surface area contributed by atoms with Crippen LogP contribution in [-0.4, -0.2) is 28.4 Å². The lowest BCUT2D eigenvalue weighted by molar-refractivity contribution is 0.0902. The topological polar surface area (TPSA) is 79.3 Å². The number of nitrogens with zero attached hydrogens (tertiary/aromatic N) is 1. The maximum absolute atomic E-state index is 12.3. The molecule has 0 fully saturated rings. The number of ketones is 1. The summed E-state index contributed by atoms with van der Waals surface area (Å²) < 4.78 is 0. The van der Waals surface area contributed by atoms with Crippen LogP contribution in [0, 0.1) is 6.92 Å². The fraction of sp³-hybridized carbons (Fsp3) is 0.150. The monoisotopic (exact) mass is 366 g/mol. The first kappa shape index (κ1) is 18.0. The van der Waals surface area contributed by atoms with Gasteiger partial charge in [0.25, 0.3) is 5.91 Å². The van der Waals surface area contributed by atoms with Crippen molar-refractivity contribution in [2.75, 3.05) is 6.61 Å². The summed E-state index contributed by atoms with van der Waals surface area (Å²) in [6.45, 7) is 1.81. The van der Waals surface area contributed by atoms with Crippen LogP contribution < -0.4 is 5.32 Å². The Kier molecular flexibility index (Phi) is 5.55. The van der Waals surface area contributed by atoms with Crippen molar-refractivity contribution in [1.82, 2.24) is 10.3 Å². The number of aliphatic hydroxyl groups is 1. The quantitative estimate of drug-likeness (QED) is 0.657. The van der Waals surface area contributed by atoms with Crippen molar-refractivity contribution in [3.63, 3.8) is 0 Å². The highest BCUT2D eigenvalue weighted by Gasteiger charge is 2.08. The molecule has 0 aliphatic rings. The van der Waals surface area contributed by atoms with Crippen LogP contribution in [0.5, 0.6) is 0 Å². The van der Waals surface area contributed by atoms with E-state index in [4.69, 9.17) is 5.11 Å². The molecule has 0 unspecified atom stereocenters. The first-order valence-corrected chi connectivity index (χ1v) is 8.98. The SMILES string of the molecule is Cc1nc(-c2ccc(C(=O)NCc3ccc(C(=O)CO)cc3)cc2)cs1. The number of aliphatic hydroxyl groups excluding tert-OH is 1. The van der Waals surface area contributed by atoms with E-state index in [-0.39, 0.29) is 11.7 Å². The van der Waals surface area contributed by atoms with Gasteiger partial charge in [-0.1, -0.05) is 36.4 Å². The molecule has 2 aromatic carbocycles. The molecule has 0 saturated heterocycles. The molecule has 0 saturated carbocycles. The number of hydrogen-bond donors (Lipinski definition) is 2. The number of Topliss-reactive ketones (excluding diaryl/α,β-unsaturated/α-hetero) is 1. The lowest BCUT2D eigenvalue weighted by atomic mass is 10.1. The summed E-state index contributed by atoms with van der Waals surface area (Å²) >= 11 is 1.59. The van der Waals surface area contributed by atoms with E-state index in [9.17, 15) is 9.59 Å². The van der Waals surface area contributed by atoms with Crippen molar-refractivity contribution in [3.8, 4) is 11.3 Å². The molecule has 26 heavy (non-hydrogen) atoms. The Balaban J connectivity index is 1.60. The average Bonchev–Trinajstić information content (AvgIpc) is 3.12. The van der Waals surface area contributed by atoms with Crippen molar-refractivity contribution < 1.29 is 14.7 Å². The number of carbonyl (C=O) groups is 2. The third-order valence-electron chi connectivity index (χ3n) is 3.93. The van der Waals surface area contributed by atoms with Crippen LogP contribution >= 0.6 is 11.3 Å². The van der Waals surface area contributed by atoms with Gasteiger partial charge in [0.15, 0.2) is 5.78 Å². The molecule has 2 N–H and O–H groups in total. The normalized spacial score (nSPS) is 10.5. The molecule has 0 atom stereocenters. The molecular formula is C20H18N2O3S. The van der Waals surface area contributed by atoms with E-state index < -0.39 is 6.61 Å².